The average molecular weight is 379 g/mol. The van der Waals surface area contributed by atoms with Gasteiger partial charge in [-0.25, -0.2) is 14.8 Å². The van der Waals surface area contributed by atoms with Gasteiger partial charge < -0.3 is 5.32 Å². The van der Waals surface area contributed by atoms with Crippen LogP contribution in [0.2, 0.25) is 0 Å². The highest BCUT2D eigenvalue weighted by Crippen LogP contribution is 2.29. The van der Waals surface area contributed by atoms with Crippen LogP contribution in [0.1, 0.15) is 0 Å². The van der Waals surface area contributed by atoms with Crippen molar-refractivity contribution < 1.29 is 4.79 Å². The maximum atomic E-state index is 12.3. The number of para-hydroxylation sites is 2. The monoisotopic (exact) mass is 379 g/mol. The van der Waals surface area contributed by atoms with E-state index in [-0.39, 0.29) is 6.03 Å². The van der Waals surface area contributed by atoms with E-state index in [1.54, 1.807) is 0 Å². The van der Waals surface area contributed by atoms with Gasteiger partial charge in [-0.05, 0) is 36.5 Å². The lowest BCUT2D eigenvalue weighted by Gasteiger charge is -2.08. The molecule has 2 N–H and O–H groups in total. The number of nitrogens with zero attached hydrogens (tertiary/aromatic N) is 3. The van der Waals surface area contributed by atoms with E-state index in [0.717, 1.165) is 10.4 Å². The smallest absolute Gasteiger partial charge is 0.308 e. The van der Waals surface area contributed by atoms with Gasteiger partial charge in [-0.1, -0.05) is 47.7 Å². The van der Waals surface area contributed by atoms with Gasteiger partial charge in [0.05, 0.1) is 0 Å². The molecule has 0 atom stereocenters. The second-order valence-corrected chi connectivity index (χ2v) is 7.00. The minimum atomic E-state index is -0.373. The zero-order valence-electron chi connectivity index (χ0n) is 13.4. The summed E-state index contributed by atoms with van der Waals surface area (Å²) in [6, 6.07) is 18.6. The topological polar surface area (TPSA) is 71.8 Å². The molecule has 0 bridgehead atoms. The third-order valence-corrected chi connectivity index (χ3v) is 5.02. The van der Waals surface area contributed by atoms with Crippen molar-refractivity contribution in [1.82, 2.24) is 14.5 Å². The molecule has 128 valence electrons. The molecule has 6 nitrogen and oxygen atoms in total. The first-order valence-electron chi connectivity index (χ1n) is 7.77. The van der Waals surface area contributed by atoms with E-state index >= 15 is 0 Å². The second-order valence-electron chi connectivity index (χ2n) is 5.36. The standard InChI is InChI=1S/C18H13N5OS2/c24-17(21-12-7-3-1-4-8-12)22-15-14-16(20-11-19-15)23(18(25)26-14)13-9-5-2-6-10-13/h1-11H,(H2,19,20,21,22,24). The Kier molecular flexibility index (Phi) is 4.42. The highest BCUT2D eigenvalue weighted by molar-refractivity contribution is 7.73. The summed E-state index contributed by atoms with van der Waals surface area (Å²) in [4.78, 5) is 20.8. The lowest BCUT2D eigenvalue weighted by Crippen LogP contribution is -2.20. The van der Waals surface area contributed by atoms with E-state index in [2.05, 4.69) is 20.6 Å². The summed E-state index contributed by atoms with van der Waals surface area (Å²) in [6.45, 7) is 0. The first-order valence-corrected chi connectivity index (χ1v) is 9.00. The van der Waals surface area contributed by atoms with Crippen LogP contribution in [0, 0.1) is 3.95 Å². The van der Waals surface area contributed by atoms with Crippen molar-refractivity contribution in [2.45, 2.75) is 0 Å². The maximum absolute atomic E-state index is 12.3. The number of thiazole rings is 1. The van der Waals surface area contributed by atoms with E-state index in [9.17, 15) is 4.79 Å². The average Bonchev–Trinajstić information content (AvgIpc) is 3.00. The molecule has 8 heteroatoms. The third-order valence-electron chi connectivity index (χ3n) is 3.65. The number of hydrogen-bond acceptors (Lipinski definition) is 5. The largest absolute Gasteiger partial charge is 0.324 e. The van der Waals surface area contributed by atoms with Crippen molar-refractivity contribution in [3.63, 3.8) is 0 Å². The molecule has 2 amide bonds. The van der Waals surface area contributed by atoms with E-state index in [1.807, 2.05) is 65.2 Å². The lowest BCUT2D eigenvalue weighted by atomic mass is 10.3. The van der Waals surface area contributed by atoms with Crippen LogP contribution in [-0.4, -0.2) is 20.6 Å². The molecule has 4 aromatic rings. The molecule has 0 aliphatic rings. The molecule has 0 saturated heterocycles. The molecule has 0 spiro atoms. The molecule has 0 radical (unpaired) electrons. The Hall–Kier alpha value is -3.10. The molecular weight excluding hydrogens is 366 g/mol. The molecule has 0 aliphatic heterocycles. The van der Waals surface area contributed by atoms with Crippen LogP contribution in [0.3, 0.4) is 0 Å². The van der Waals surface area contributed by atoms with Crippen LogP contribution in [0.4, 0.5) is 16.3 Å². The van der Waals surface area contributed by atoms with Gasteiger partial charge in [-0.2, -0.15) is 0 Å². The number of carbonyl (C=O) groups is 1. The zero-order chi connectivity index (χ0) is 17.9. The summed E-state index contributed by atoms with van der Waals surface area (Å²) in [5.41, 5.74) is 2.28. The highest BCUT2D eigenvalue weighted by atomic mass is 32.1. The van der Waals surface area contributed by atoms with E-state index in [4.69, 9.17) is 12.2 Å². The Balaban J connectivity index is 1.69. The Morgan fingerprint density at radius 1 is 0.962 bits per heavy atom. The molecule has 0 aliphatic carbocycles. The van der Waals surface area contributed by atoms with Crippen LogP contribution in [-0.2, 0) is 0 Å². The number of benzene rings is 2. The van der Waals surface area contributed by atoms with Crippen LogP contribution in [0.25, 0.3) is 16.0 Å². The van der Waals surface area contributed by atoms with Crippen LogP contribution in [0.15, 0.2) is 67.0 Å². The second kappa shape index (κ2) is 7.03. The number of hydrogen-bond donors (Lipinski definition) is 2. The first-order chi connectivity index (χ1) is 12.7. The summed E-state index contributed by atoms with van der Waals surface area (Å²) >= 11 is 6.86. The fourth-order valence-electron chi connectivity index (χ4n) is 2.52. The molecule has 2 heterocycles. The van der Waals surface area contributed by atoms with E-state index in [0.29, 0.717) is 21.1 Å². The molecule has 26 heavy (non-hydrogen) atoms. The third kappa shape index (κ3) is 3.19. The normalized spacial score (nSPS) is 10.6. The van der Waals surface area contributed by atoms with Crippen molar-refractivity contribution >= 4 is 51.4 Å². The molecule has 2 aromatic heterocycles. The van der Waals surface area contributed by atoms with Crippen LogP contribution in [0.5, 0.6) is 0 Å². The predicted molar refractivity (Wildman–Crippen MR) is 107 cm³/mol. The number of rotatable bonds is 3. The van der Waals surface area contributed by atoms with Gasteiger partial charge >= 0.3 is 6.03 Å². The summed E-state index contributed by atoms with van der Waals surface area (Å²) in [6.07, 6.45) is 1.42. The Morgan fingerprint density at radius 3 is 2.38 bits per heavy atom. The van der Waals surface area contributed by atoms with Crippen molar-refractivity contribution in [3.05, 3.63) is 70.9 Å². The minimum absolute atomic E-state index is 0.373. The van der Waals surface area contributed by atoms with Crippen molar-refractivity contribution in [1.29, 1.82) is 0 Å². The summed E-state index contributed by atoms with van der Waals surface area (Å²) in [5, 5.41) is 5.54. The molecule has 4 rings (SSSR count). The van der Waals surface area contributed by atoms with Crippen molar-refractivity contribution in [3.8, 4) is 5.69 Å². The number of urea groups is 1. The van der Waals surface area contributed by atoms with Crippen LogP contribution >= 0.6 is 23.6 Å². The number of amides is 2. The SMILES string of the molecule is O=C(Nc1ccccc1)Nc1ncnc2c1sc(=S)n2-c1ccccc1. The Bertz CT molecular complexity index is 1120. The Morgan fingerprint density at radius 2 is 1.65 bits per heavy atom. The number of carbonyl (C=O) groups excluding carboxylic acids is 1. The zero-order valence-corrected chi connectivity index (χ0v) is 15.1. The Labute approximate surface area is 158 Å². The number of anilines is 2. The predicted octanol–water partition coefficient (Wildman–Crippen LogP) is 4.86. The summed E-state index contributed by atoms with van der Waals surface area (Å²) < 4.78 is 3.24. The number of aromatic nitrogens is 3. The van der Waals surface area contributed by atoms with Gasteiger partial charge in [0.2, 0.25) is 0 Å². The fourth-order valence-corrected chi connectivity index (χ4v) is 3.86. The van der Waals surface area contributed by atoms with Crippen molar-refractivity contribution in [2.75, 3.05) is 10.6 Å². The molecule has 0 saturated carbocycles. The summed E-state index contributed by atoms with van der Waals surface area (Å²) in [5.74, 6) is 0.425. The minimum Gasteiger partial charge on any atom is -0.308 e. The highest BCUT2D eigenvalue weighted by Gasteiger charge is 2.14. The van der Waals surface area contributed by atoms with Crippen molar-refractivity contribution in [2.24, 2.45) is 0 Å². The molecule has 0 unspecified atom stereocenters. The molecule has 2 aromatic carbocycles. The van der Waals surface area contributed by atoms with Gasteiger partial charge in [0.25, 0.3) is 0 Å². The fraction of sp³-hybridized carbons (Fsp3) is 0. The van der Waals surface area contributed by atoms with Gasteiger partial charge in [0.15, 0.2) is 15.4 Å². The van der Waals surface area contributed by atoms with Gasteiger partial charge in [0, 0.05) is 11.4 Å². The van der Waals surface area contributed by atoms with E-state index in [1.165, 1.54) is 17.7 Å². The molecule has 0 fully saturated rings. The van der Waals surface area contributed by atoms with Gasteiger partial charge in [-0.3, -0.25) is 9.88 Å². The summed E-state index contributed by atoms with van der Waals surface area (Å²) in [7, 11) is 0. The number of nitrogens with one attached hydrogen (secondary N) is 2. The van der Waals surface area contributed by atoms with Crippen LogP contribution < -0.4 is 10.6 Å². The molecular formula is C18H13N5OS2. The lowest BCUT2D eigenvalue weighted by molar-refractivity contribution is 0.262. The quantitative estimate of drug-likeness (QED) is 0.499. The maximum Gasteiger partial charge on any atom is 0.324 e. The number of fused-ring (bicyclic) bond motifs is 1. The first kappa shape index (κ1) is 16.4. The van der Waals surface area contributed by atoms with Gasteiger partial charge in [-0.15, -0.1) is 0 Å². The van der Waals surface area contributed by atoms with Gasteiger partial charge in [0.1, 0.15) is 11.0 Å². The van der Waals surface area contributed by atoms with E-state index < -0.39 is 0 Å².